The van der Waals surface area contributed by atoms with E-state index in [4.69, 9.17) is 15.5 Å². The maximum absolute atomic E-state index is 10.8. The van der Waals surface area contributed by atoms with E-state index in [1.807, 2.05) is 36.1 Å². The van der Waals surface area contributed by atoms with Crippen molar-refractivity contribution in [1.29, 1.82) is 0 Å². The molecular formula is C19H24N6O2. The minimum atomic E-state index is -1.06. The lowest BCUT2D eigenvalue weighted by Gasteiger charge is -2.42. The first kappa shape index (κ1) is 17.8. The molecule has 27 heavy (non-hydrogen) atoms. The highest BCUT2D eigenvalue weighted by Crippen LogP contribution is 2.33. The van der Waals surface area contributed by atoms with E-state index in [-0.39, 0.29) is 0 Å². The van der Waals surface area contributed by atoms with Crippen molar-refractivity contribution in [2.24, 2.45) is 5.73 Å². The van der Waals surface area contributed by atoms with Crippen molar-refractivity contribution in [2.45, 2.75) is 32.0 Å². The van der Waals surface area contributed by atoms with Gasteiger partial charge in [-0.05, 0) is 44.5 Å². The number of fused-ring (bicyclic) bond motifs is 1. The zero-order valence-electron chi connectivity index (χ0n) is 15.8. The number of hydrogen-bond donors (Lipinski definition) is 2. The van der Waals surface area contributed by atoms with E-state index in [9.17, 15) is 5.11 Å². The van der Waals surface area contributed by atoms with Gasteiger partial charge in [0.2, 0.25) is 0 Å². The van der Waals surface area contributed by atoms with E-state index in [1.165, 1.54) is 0 Å². The van der Waals surface area contributed by atoms with Crippen LogP contribution >= 0.6 is 0 Å². The number of aromatic nitrogens is 4. The zero-order valence-corrected chi connectivity index (χ0v) is 15.8. The van der Waals surface area contributed by atoms with Gasteiger partial charge >= 0.3 is 0 Å². The number of nitrogens with zero attached hydrogens (tertiary/aromatic N) is 5. The molecular weight excluding hydrogens is 344 g/mol. The highest BCUT2D eigenvalue weighted by molar-refractivity contribution is 5.83. The highest BCUT2D eigenvalue weighted by atomic mass is 16.5. The van der Waals surface area contributed by atoms with Crippen molar-refractivity contribution < 1.29 is 9.84 Å². The Bertz CT molecular complexity index is 961. The Morgan fingerprint density at radius 1 is 1.30 bits per heavy atom. The van der Waals surface area contributed by atoms with Crippen molar-refractivity contribution >= 4 is 16.9 Å². The molecule has 4 heterocycles. The summed E-state index contributed by atoms with van der Waals surface area (Å²) in [5.41, 5.74) is 6.07. The van der Waals surface area contributed by atoms with Crippen LogP contribution in [0.1, 0.15) is 26.3 Å². The van der Waals surface area contributed by atoms with Crippen molar-refractivity contribution in [3.05, 3.63) is 42.2 Å². The van der Waals surface area contributed by atoms with Crippen LogP contribution in [0, 0.1) is 0 Å². The van der Waals surface area contributed by atoms with E-state index in [0.29, 0.717) is 37.0 Å². The third-order valence-corrected chi connectivity index (χ3v) is 4.80. The van der Waals surface area contributed by atoms with Crippen LogP contribution in [0.4, 0.5) is 5.82 Å². The molecule has 8 heteroatoms. The topological polar surface area (TPSA) is 102 Å². The lowest BCUT2D eigenvalue weighted by Crippen LogP contribution is -2.61. The van der Waals surface area contributed by atoms with Gasteiger partial charge in [-0.25, -0.2) is 9.97 Å². The average Bonchev–Trinajstić information content (AvgIpc) is 3.04. The van der Waals surface area contributed by atoms with Gasteiger partial charge in [-0.1, -0.05) is 6.07 Å². The molecule has 0 spiro atoms. The first-order chi connectivity index (χ1) is 12.8. The standard InChI is InChI=1S/C19H24N6O2/c1-18(2,26)14-10-16(24-8-9-27-12-19(24,3)20)23-17-13(14)11-22-25(17)15-6-4-5-7-21-15/h4-7,10-11,26H,8-9,12,20H2,1-3H3/t19-/m0/s1. The summed E-state index contributed by atoms with van der Waals surface area (Å²) in [6.07, 6.45) is 3.43. The fourth-order valence-electron chi connectivity index (χ4n) is 3.42. The Labute approximate surface area is 157 Å². The maximum Gasteiger partial charge on any atom is 0.167 e. The number of anilines is 1. The zero-order chi connectivity index (χ0) is 19.2. The van der Waals surface area contributed by atoms with Crippen molar-refractivity contribution in [2.75, 3.05) is 24.7 Å². The summed E-state index contributed by atoms with van der Waals surface area (Å²) < 4.78 is 7.21. The molecule has 1 aliphatic rings. The first-order valence-electron chi connectivity index (χ1n) is 8.95. The van der Waals surface area contributed by atoms with Crippen LogP contribution < -0.4 is 10.6 Å². The summed E-state index contributed by atoms with van der Waals surface area (Å²) in [6, 6.07) is 7.51. The summed E-state index contributed by atoms with van der Waals surface area (Å²) in [6.45, 7) is 7.02. The highest BCUT2D eigenvalue weighted by Gasteiger charge is 2.34. The van der Waals surface area contributed by atoms with Crippen LogP contribution in [-0.2, 0) is 10.3 Å². The van der Waals surface area contributed by atoms with Gasteiger partial charge < -0.3 is 20.5 Å². The van der Waals surface area contributed by atoms with Crippen LogP contribution in [0.25, 0.3) is 16.9 Å². The van der Waals surface area contributed by atoms with Gasteiger partial charge in [-0.3, -0.25) is 0 Å². The van der Waals surface area contributed by atoms with Crippen molar-refractivity contribution in [1.82, 2.24) is 19.7 Å². The van der Waals surface area contributed by atoms with Crippen LogP contribution in [-0.4, -0.2) is 50.3 Å². The smallest absolute Gasteiger partial charge is 0.167 e. The van der Waals surface area contributed by atoms with E-state index >= 15 is 0 Å². The molecule has 142 valence electrons. The fraction of sp³-hybridized carbons (Fsp3) is 0.421. The van der Waals surface area contributed by atoms with Crippen molar-refractivity contribution in [3.8, 4) is 5.82 Å². The molecule has 8 nitrogen and oxygen atoms in total. The molecule has 1 fully saturated rings. The molecule has 0 radical (unpaired) electrons. The molecule has 4 rings (SSSR count). The molecule has 0 aromatic carbocycles. The Balaban J connectivity index is 1.95. The van der Waals surface area contributed by atoms with E-state index < -0.39 is 11.3 Å². The second-order valence-corrected chi connectivity index (χ2v) is 7.63. The van der Waals surface area contributed by atoms with Gasteiger partial charge in [-0.2, -0.15) is 9.78 Å². The Morgan fingerprint density at radius 3 is 2.78 bits per heavy atom. The molecule has 3 aromatic heterocycles. The molecule has 1 saturated heterocycles. The van der Waals surface area contributed by atoms with Gasteiger partial charge in [0.15, 0.2) is 11.5 Å². The summed E-state index contributed by atoms with van der Waals surface area (Å²) in [5, 5.41) is 16.0. The Morgan fingerprint density at radius 2 is 2.11 bits per heavy atom. The molecule has 0 saturated carbocycles. The number of aliphatic hydroxyl groups is 1. The third kappa shape index (κ3) is 3.16. The fourth-order valence-corrected chi connectivity index (χ4v) is 3.42. The molecule has 1 aliphatic heterocycles. The molecule has 0 unspecified atom stereocenters. The van der Waals surface area contributed by atoms with Gasteiger partial charge in [0.25, 0.3) is 0 Å². The molecule has 0 aliphatic carbocycles. The molecule has 1 atom stereocenters. The predicted molar refractivity (Wildman–Crippen MR) is 103 cm³/mol. The van der Waals surface area contributed by atoms with E-state index in [0.717, 1.165) is 10.9 Å². The van der Waals surface area contributed by atoms with E-state index in [1.54, 1.807) is 30.9 Å². The molecule has 0 amide bonds. The summed E-state index contributed by atoms with van der Waals surface area (Å²) in [4.78, 5) is 11.2. The minimum Gasteiger partial charge on any atom is -0.386 e. The lowest BCUT2D eigenvalue weighted by atomic mass is 9.96. The monoisotopic (exact) mass is 368 g/mol. The Hall–Kier alpha value is -2.55. The van der Waals surface area contributed by atoms with Gasteiger partial charge in [-0.15, -0.1) is 0 Å². The number of rotatable bonds is 3. The van der Waals surface area contributed by atoms with Crippen LogP contribution in [0.15, 0.2) is 36.7 Å². The molecule has 0 bridgehead atoms. The van der Waals surface area contributed by atoms with Gasteiger partial charge in [0.05, 0.1) is 25.0 Å². The SMILES string of the molecule is CC(C)(O)c1cc(N2CCOC[C@@]2(C)N)nc2c1cnn2-c1ccccn1. The van der Waals surface area contributed by atoms with Crippen LogP contribution in [0.2, 0.25) is 0 Å². The number of nitrogens with two attached hydrogens (primary N) is 1. The van der Waals surface area contributed by atoms with Crippen molar-refractivity contribution in [3.63, 3.8) is 0 Å². The van der Waals surface area contributed by atoms with Gasteiger partial charge in [0, 0.05) is 18.1 Å². The minimum absolute atomic E-state index is 0.407. The second-order valence-electron chi connectivity index (χ2n) is 7.63. The summed E-state index contributed by atoms with van der Waals surface area (Å²) in [5.74, 6) is 1.35. The lowest BCUT2D eigenvalue weighted by molar-refractivity contribution is 0.0588. The predicted octanol–water partition coefficient (Wildman–Crippen LogP) is 1.55. The molecule has 3 N–H and O–H groups in total. The van der Waals surface area contributed by atoms with Crippen LogP contribution in [0.5, 0.6) is 0 Å². The average molecular weight is 368 g/mol. The quantitative estimate of drug-likeness (QED) is 0.723. The number of ether oxygens (including phenoxy) is 1. The van der Waals surface area contributed by atoms with Crippen LogP contribution in [0.3, 0.4) is 0 Å². The summed E-state index contributed by atoms with van der Waals surface area (Å²) >= 11 is 0. The number of morpholine rings is 1. The number of pyridine rings is 2. The molecule has 3 aromatic rings. The van der Waals surface area contributed by atoms with E-state index in [2.05, 4.69) is 10.1 Å². The number of hydrogen-bond acceptors (Lipinski definition) is 7. The first-order valence-corrected chi connectivity index (χ1v) is 8.95. The maximum atomic E-state index is 10.8. The normalized spacial score (nSPS) is 21.0. The Kier molecular flexibility index (Phi) is 4.14. The summed E-state index contributed by atoms with van der Waals surface area (Å²) in [7, 11) is 0. The largest absolute Gasteiger partial charge is 0.386 e. The third-order valence-electron chi connectivity index (χ3n) is 4.80. The second kappa shape index (κ2) is 6.26. The van der Waals surface area contributed by atoms with Gasteiger partial charge in [0.1, 0.15) is 11.5 Å².